The second-order valence-corrected chi connectivity index (χ2v) is 7.14. The molecule has 2 nitrogen and oxygen atoms in total. The van der Waals surface area contributed by atoms with Gasteiger partial charge in [-0.2, -0.15) is 13.2 Å². The molecule has 1 heterocycles. The van der Waals surface area contributed by atoms with Crippen LogP contribution in [-0.2, 0) is 4.74 Å². The summed E-state index contributed by atoms with van der Waals surface area (Å²) in [5.74, 6) is -1.01. The Morgan fingerprint density at radius 2 is 1.75 bits per heavy atom. The van der Waals surface area contributed by atoms with E-state index in [0.717, 1.165) is 32.1 Å². The van der Waals surface area contributed by atoms with Crippen LogP contribution in [0.1, 0.15) is 57.8 Å². The smallest absolute Gasteiger partial charge is 0.375 e. The van der Waals surface area contributed by atoms with Crippen LogP contribution >= 0.6 is 0 Å². The molecule has 0 aromatic carbocycles. The van der Waals surface area contributed by atoms with Gasteiger partial charge in [-0.15, -0.1) is 0 Å². The molecule has 0 aromatic heterocycles. The highest BCUT2D eigenvalue weighted by Crippen LogP contribution is 2.51. The number of alkyl halides is 3. The van der Waals surface area contributed by atoms with Crippen molar-refractivity contribution in [2.75, 3.05) is 6.61 Å². The summed E-state index contributed by atoms with van der Waals surface area (Å²) < 4.78 is 44.9. The highest BCUT2D eigenvalue weighted by Gasteiger charge is 2.52. The standard InChI is InChI=1S/C15H24F3NO/c16-15(17,18)12-3-1-7-14(19,10-12)11-4-8-20-13(9-11)5-2-6-13/h11-12H,1-10,19H2. The van der Waals surface area contributed by atoms with Crippen molar-refractivity contribution >= 4 is 0 Å². The van der Waals surface area contributed by atoms with Gasteiger partial charge in [0.05, 0.1) is 11.5 Å². The number of hydrogen-bond donors (Lipinski definition) is 1. The summed E-state index contributed by atoms with van der Waals surface area (Å²) in [6.07, 6.45) is 2.58. The van der Waals surface area contributed by atoms with Gasteiger partial charge in [0.15, 0.2) is 0 Å². The molecule has 3 rings (SSSR count). The third kappa shape index (κ3) is 2.59. The van der Waals surface area contributed by atoms with E-state index in [9.17, 15) is 13.2 Å². The molecule has 3 aliphatic rings. The maximum Gasteiger partial charge on any atom is 0.391 e. The molecule has 116 valence electrons. The first-order valence-electron chi connectivity index (χ1n) is 7.83. The fourth-order valence-corrected chi connectivity index (χ4v) is 4.43. The summed E-state index contributed by atoms with van der Waals surface area (Å²) >= 11 is 0. The van der Waals surface area contributed by atoms with E-state index in [1.165, 1.54) is 6.42 Å². The van der Waals surface area contributed by atoms with Gasteiger partial charge in [-0.05, 0) is 57.3 Å². The Labute approximate surface area is 118 Å². The fraction of sp³-hybridized carbons (Fsp3) is 1.00. The summed E-state index contributed by atoms with van der Waals surface area (Å²) in [7, 11) is 0. The lowest BCUT2D eigenvalue weighted by atomic mass is 9.62. The van der Waals surface area contributed by atoms with Gasteiger partial charge < -0.3 is 10.5 Å². The van der Waals surface area contributed by atoms with Crippen LogP contribution < -0.4 is 5.73 Å². The van der Waals surface area contributed by atoms with Gasteiger partial charge in [-0.1, -0.05) is 6.42 Å². The zero-order valence-corrected chi connectivity index (χ0v) is 11.8. The Morgan fingerprint density at radius 3 is 2.35 bits per heavy atom. The largest absolute Gasteiger partial charge is 0.391 e. The summed E-state index contributed by atoms with van der Waals surface area (Å²) in [5.41, 5.74) is 5.79. The quantitative estimate of drug-likeness (QED) is 0.798. The average Bonchev–Trinajstić information content (AvgIpc) is 2.36. The van der Waals surface area contributed by atoms with Gasteiger partial charge in [0.2, 0.25) is 0 Å². The molecule has 1 saturated heterocycles. The van der Waals surface area contributed by atoms with E-state index >= 15 is 0 Å². The van der Waals surface area contributed by atoms with Crippen LogP contribution in [0.4, 0.5) is 13.2 Å². The third-order valence-corrected chi connectivity index (χ3v) is 5.85. The number of halogens is 3. The van der Waals surface area contributed by atoms with E-state index in [1.807, 2.05) is 0 Å². The van der Waals surface area contributed by atoms with Gasteiger partial charge in [0.1, 0.15) is 0 Å². The van der Waals surface area contributed by atoms with Crippen molar-refractivity contribution in [3.63, 3.8) is 0 Å². The maximum absolute atomic E-state index is 13.0. The molecule has 1 spiro atoms. The van der Waals surface area contributed by atoms with Crippen LogP contribution in [0.15, 0.2) is 0 Å². The molecule has 2 N–H and O–H groups in total. The van der Waals surface area contributed by atoms with Gasteiger partial charge in [-0.3, -0.25) is 0 Å². The van der Waals surface area contributed by atoms with Crippen molar-refractivity contribution in [3.05, 3.63) is 0 Å². The monoisotopic (exact) mass is 291 g/mol. The van der Waals surface area contributed by atoms with Gasteiger partial charge in [0, 0.05) is 12.1 Å². The lowest BCUT2D eigenvalue weighted by Crippen LogP contribution is -2.58. The first kappa shape index (κ1) is 14.6. The molecule has 0 bridgehead atoms. The first-order chi connectivity index (χ1) is 9.33. The zero-order valence-electron chi connectivity index (χ0n) is 11.8. The number of rotatable bonds is 1. The van der Waals surface area contributed by atoms with Crippen LogP contribution in [0.3, 0.4) is 0 Å². The van der Waals surface area contributed by atoms with Gasteiger partial charge in [0.25, 0.3) is 0 Å². The Morgan fingerprint density at radius 1 is 1.00 bits per heavy atom. The summed E-state index contributed by atoms with van der Waals surface area (Å²) in [6.45, 7) is 0.667. The van der Waals surface area contributed by atoms with Crippen LogP contribution in [0, 0.1) is 11.8 Å². The van der Waals surface area contributed by atoms with E-state index < -0.39 is 17.6 Å². The first-order valence-corrected chi connectivity index (χ1v) is 7.83. The summed E-state index contributed by atoms with van der Waals surface area (Å²) in [5, 5.41) is 0. The van der Waals surface area contributed by atoms with Crippen molar-refractivity contribution in [2.24, 2.45) is 17.6 Å². The molecule has 2 aliphatic carbocycles. The van der Waals surface area contributed by atoms with Crippen LogP contribution in [0.2, 0.25) is 0 Å². The second-order valence-electron chi connectivity index (χ2n) is 7.14. The highest BCUT2D eigenvalue weighted by atomic mass is 19.4. The van der Waals surface area contributed by atoms with E-state index in [4.69, 9.17) is 10.5 Å². The average molecular weight is 291 g/mol. The van der Waals surface area contributed by atoms with Gasteiger partial charge in [-0.25, -0.2) is 0 Å². The molecule has 0 radical (unpaired) electrons. The number of hydrogen-bond acceptors (Lipinski definition) is 2. The summed E-state index contributed by atoms with van der Waals surface area (Å²) in [6, 6.07) is 0. The summed E-state index contributed by atoms with van der Waals surface area (Å²) in [4.78, 5) is 0. The third-order valence-electron chi connectivity index (χ3n) is 5.85. The van der Waals surface area contributed by atoms with E-state index in [0.29, 0.717) is 13.0 Å². The van der Waals surface area contributed by atoms with Crippen molar-refractivity contribution in [3.8, 4) is 0 Å². The number of nitrogens with two attached hydrogens (primary N) is 1. The van der Waals surface area contributed by atoms with Crippen molar-refractivity contribution in [2.45, 2.75) is 75.1 Å². The van der Waals surface area contributed by atoms with Crippen molar-refractivity contribution < 1.29 is 17.9 Å². The normalized spacial score (nSPS) is 41.4. The molecule has 3 atom stereocenters. The molecular formula is C15H24F3NO. The number of ether oxygens (including phenoxy) is 1. The molecule has 20 heavy (non-hydrogen) atoms. The van der Waals surface area contributed by atoms with Crippen LogP contribution in [0.5, 0.6) is 0 Å². The van der Waals surface area contributed by atoms with Crippen molar-refractivity contribution in [1.29, 1.82) is 0 Å². The molecule has 0 amide bonds. The fourth-order valence-electron chi connectivity index (χ4n) is 4.43. The lowest BCUT2D eigenvalue weighted by Gasteiger charge is -2.53. The predicted molar refractivity (Wildman–Crippen MR) is 70.2 cm³/mol. The molecule has 1 aliphatic heterocycles. The van der Waals surface area contributed by atoms with Gasteiger partial charge >= 0.3 is 6.18 Å². The Balaban J connectivity index is 1.70. The molecule has 0 aromatic rings. The maximum atomic E-state index is 13.0. The van der Waals surface area contributed by atoms with Crippen LogP contribution in [-0.4, -0.2) is 23.9 Å². The zero-order chi connectivity index (χ0) is 14.4. The molecule has 5 heteroatoms. The Bertz CT molecular complexity index is 367. The predicted octanol–water partition coefficient (Wildman–Crippen LogP) is 3.79. The SMILES string of the molecule is NC1(C2CCOC3(CCC3)C2)CCCC(C(F)(F)F)C1. The minimum atomic E-state index is -4.09. The van der Waals surface area contributed by atoms with E-state index in [-0.39, 0.29) is 24.4 Å². The second kappa shape index (κ2) is 4.87. The lowest BCUT2D eigenvalue weighted by molar-refractivity contribution is -0.195. The molecule has 2 saturated carbocycles. The minimum Gasteiger partial charge on any atom is -0.375 e. The van der Waals surface area contributed by atoms with E-state index in [1.54, 1.807) is 0 Å². The highest BCUT2D eigenvalue weighted by molar-refractivity contribution is 5.03. The Kier molecular flexibility index (Phi) is 3.57. The molecular weight excluding hydrogens is 267 g/mol. The molecule has 3 unspecified atom stereocenters. The Hall–Kier alpha value is -0.290. The minimum absolute atomic E-state index is 0.0412. The molecule has 3 fully saturated rings. The van der Waals surface area contributed by atoms with E-state index in [2.05, 4.69) is 0 Å². The topological polar surface area (TPSA) is 35.2 Å². The van der Waals surface area contributed by atoms with Crippen molar-refractivity contribution in [1.82, 2.24) is 0 Å². The van der Waals surface area contributed by atoms with Crippen LogP contribution in [0.25, 0.3) is 0 Å².